The summed E-state index contributed by atoms with van der Waals surface area (Å²) in [4.78, 5) is 15.3. The Hall–Kier alpha value is -2.14. The zero-order chi connectivity index (χ0) is 17.8. The number of carbonyl (C=O) groups is 1. The van der Waals surface area contributed by atoms with Crippen molar-refractivity contribution >= 4 is 5.91 Å². The summed E-state index contributed by atoms with van der Waals surface area (Å²) in [6.07, 6.45) is 7.80. The number of hydrogen-bond donors (Lipinski definition) is 2. The number of aryl methyl sites for hydroxylation is 1. The fourth-order valence-electron chi connectivity index (χ4n) is 4.29. The number of H-pyrrole nitrogens is 1. The van der Waals surface area contributed by atoms with Gasteiger partial charge in [0, 0.05) is 23.8 Å². The number of amides is 1. The average molecular weight is 352 g/mol. The van der Waals surface area contributed by atoms with E-state index < -0.39 is 0 Å². The molecule has 1 aliphatic carbocycles. The van der Waals surface area contributed by atoms with Gasteiger partial charge >= 0.3 is 0 Å². The molecule has 4 rings (SSSR count). The third kappa shape index (κ3) is 3.83. The number of aromatic amines is 1. The first kappa shape index (κ1) is 17.3. The number of likely N-dealkylation sites (tertiary alicyclic amines) is 1. The van der Waals surface area contributed by atoms with Gasteiger partial charge in [-0.15, -0.1) is 0 Å². The largest absolute Gasteiger partial charge is 0.349 e. The second kappa shape index (κ2) is 8.04. The Morgan fingerprint density at radius 1 is 1.12 bits per heavy atom. The van der Waals surface area contributed by atoms with Crippen LogP contribution >= 0.6 is 0 Å². The average Bonchev–Trinajstić information content (AvgIpc) is 3.35. The molecule has 1 unspecified atom stereocenters. The lowest BCUT2D eigenvalue weighted by Crippen LogP contribution is -2.44. The van der Waals surface area contributed by atoms with Gasteiger partial charge in [-0.05, 0) is 63.6 Å². The van der Waals surface area contributed by atoms with Crippen LogP contribution in [-0.4, -0.2) is 46.7 Å². The number of aromatic nitrogens is 2. The lowest BCUT2D eigenvalue weighted by atomic mass is 9.95. The van der Waals surface area contributed by atoms with Crippen molar-refractivity contribution in [2.75, 3.05) is 19.6 Å². The first-order valence-corrected chi connectivity index (χ1v) is 9.93. The van der Waals surface area contributed by atoms with Gasteiger partial charge in [0.05, 0.1) is 0 Å². The van der Waals surface area contributed by atoms with Crippen LogP contribution in [-0.2, 0) is 19.3 Å². The highest BCUT2D eigenvalue weighted by molar-refractivity contribution is 5.94. The molecular weight excluding hydrogens is 324 g/mol. The maximum atomic E-state index is 12.7. The van der Waals surface area contributed by atoms with Crippen molar-refractivity contribution in [3.8, 4) is 0 Å². The molecule has 0 radical (unpaired) electrons. The topological polar surface area (TPSA) is 61.0 Å². The molecule has 1 aliphatic heterocycles. The summed E-state index contributed by atoms with van der Waals surface area (Å²) >= 11 is 0. The second-order valence-corrected chi connectivity index (χ2v) is 7.53. The fourth-order valence-corrected chi connectivity index (χ4v) is 4.29. The van der Waals surface area contributed by atoms with Crippen molar-refractivity contribution in [2.24, 2.45) is 0 Å². The molecule has 0 bridgehead atoms. The van der Waals surface area contributed by atoms with Crippen LogP contribution in [0.25, 0.3) is 0 Å². The van der Waals surface area contributed by atoms with Gasteiger partial charge in [0.1, 0.15) is 0 Å². The molecule has 1 aromatic heterocycles. The molecule has 2 N–H and O–H groups in total. The Morgan fingerprint density at radius 2 is 1.88 bits per heavy atom. The lowest BCUT2D eigenvalue weighted by molar-refractivity contribution is 0.0931. The zero-order valence-electron chi connectivity index (χ0n) is 15.3. The number of fused-ring (bicyclic) bond motifs is 1. The quantitative estimate of drug-likeness (QED) is 0.840. The van der Waals surface area contributed by atoms with Crippen LogP contribution in [0.3, 0.4) is 0 Å². The van der Waals surface area contributed by atoms with Gasteiger partial charge in [0.15, 0.2) is 5.69 Å². The molecule has 1 saturated heterocycles. The molecule has 2 aromatic rings. The highest BCUT2D eigenvalue weighted by Crippen LogP contribution is 2.22. The first-order chi connectivity index (χ1) is 12.8. The van der Waals surface area contributed by atoms with Crippen LogP contribution in [0.1, 0.15) is 53.0 Å². The van der Waals surface area contributed by atoms with Gasteiger partial charge in [-0.2, -0.15) is 5.10 Å². The van der Waals surface area contributed by atoms with Crippen LogP contribution in [0.4, 0.5) is 0 Å². The monoisotopic (exact) mass is 352 g/mol. The molecule has 26 heavy (non-hydrogen) atoms. The van der Waals surface area contributed by atoms with E-state index in [9.17, 15) is 4.79 Å². The van der Waals surface area contributed by atoms with Crippen molar-refractivity contribution in [2.45, 2.75) is 51.0 Å². The molecule has 5 heteroatoms. The molecule has 1 fully saturated rings. The third-order valence-corrected chi connectivity index (χ3v) is 5.74. The highest BCUT2D eigenvalue weighted by atomic mass is 16.1. The summed E-state index contributed by atoms with van der Waals surface area (Å²) < 4.78 is 0. The maximum absolute atomic E-state index is 12.7. The van der Waals surface area contributed by atoms with E-state index in [0.29, 0.717) is 18.3 Å². The minimum Gasteiger partial charge on any atom is -0.349 e. The predicted octanol–water partition coefficient (Wildman–Crippen LogP) is 2.73. The van der Waals surface area contributed by atoms with Gasteiger partial charge in [-0.25, -0.2) is 0 Å². The molecule has 1 atom stereocenters. The van der Waals surface area contributed by atoms with Crippen molar-refractivity contribution in [3.05, 3.63) is 52.8 Å². The van der Waals surface area contributed by atoms with Gasteiger partial charge in [-0.3, -0.25) is 14.8 Å². The van der Waals surface area contributed by atoms with Crippen LogP contribution in [0, 0.1) is 0 Å². The molecule has 5 nitrogen and oxygen atoms in total. The fraction of sp³-hybridized carbons (Fsp3) is 0.524. The van der Waals surface area contributed by atoms with E-state index in [4.69, 9.17) is 0 Å². The van der Waals surface area contributed by atoms with Crippen molar-refractivity contribution < 1.29 is 4.79 Å². The summed E-state index contributed by atoms with van der Waals surface area (Å²) in [5.74, 6) is -0.0262. The SMILES string of the molecule is O=C(NCC(Cc1ccccc1)N1CCCC1)c1n[nH]c2c1CCCC2. The van der Waals surface area contributed by atoms with E-state index in [1.807, 2.05) is 0 Å². The smallest absolute Gasteiger partial charge is 0.272 e. The van der Waals surface area contributed by atoms with E-state index >= 15 is 0 Å². The second-order valence-electron chi connectivity index (χ2n) is 7.53. The van der Waals surface area contributed by atoms with Crippen LogP contribution in [0.15, 0.2) is 30.3 Å². The summed E-state index contributed by atoms with van der Waals surface area (Å²) in [5, 5.41) is 10.5. The van der Waals surface area contributed by atoms with E-state index in [2.05, 4.69) is 50.7 Å². The van der Waals surface area contributed by atoms with E-state index in [1.54, 1.807) is 0 Å². The lowest BCUT2D eigenvalue weighted by Gasteiger charge is -2.28. The Bertz CT molecular complexity index is 734. The van der Waals surface area contributed by atoms with Gasteiger partial charge in [-0.1, -0.05) is 30.3 Å². The van der Waals surface area contributed by atoms with Crippen molar-refractivity contribution in [1.29, 1.82) is 0 Å². The summed E-state index contributed by atoms with van der Waals surface area (Å²) in [7, 11) is 0. The molecular formula is C21H28N4O. The minimum atomic E-state index is -0.0262. The van der Waals surface area contributed by atoms with Crippen LogP contribution in [0.5, 0.6) is 0 Å². The highest BCUT2D eigenvalue weighted by Gasteiger charge is 2.25. The van der Waals surface area contributed by atoms with E-state index in [0.717, 1.165) is 50.0 Å². The molecule has 138 valence electrons. The number of hydrogen-bond acceptors (Lipinski definition) is 3. The summed E-state index contributed by atoms with van der Waals surface area (Å²) in [6, 6.07) is 10.9. The summed E-state index contributed by atoms with van der Waals surface area (Å²) in [6.45, 7) is 2.94. The number of rotatable bonds is 6. The van der Waals surface area contributed by atoms with Gasteiger partial charge in [0.25, 0.3) is 5.91 Å². The van der Waals surface area contributed by atoms with Gasteiger partial charge in [0.2, 0.25) is 0 Å². The first-order valence-electron chi connectivity index (χ1n) is 9.93. The third-order valence-electron chi connectivity index (χ3n) is 5.74. The molecule has 0 spiro atoms. The number of benzene rings is 1. The maximum Gasteiger partial charge on any atom is 0.272 e. The molecule has 2 heterocycles. The Kier molecular flexibility index (Phi) is 5.34. The van der Waals surface area contributed by atoms with Crippen molar-refractivity contribution in [1.82, 2.24) is 20.4 Å². The normalized spacial score (nSPS) is 18.5. The van der Waals surface area contributed by atoms with E-state index in [-0.39, 0.29) is 5.91 Å². The molecule has 0 saturated carbocycles. The number of carbonyl (C=O) groups excluding carboxylic acids is 1. The summed E-state index contributed by atoms with van der Waals surface area (Å²) in [5.41, 5.74) is 4.23. The molecule has 2 aliphatic rings. The minimum absolute atomic E-state index is 0.0262. The van der Waals surface area contributed by atoms with Gasteiger partial charge < -0.3 is 5.32 Å². The molecule has 1 amide bonds. The van der Waals surface area contributed by atoms with Crippen LogP contribution in [0.2, 0.25) is 0 Å². The number of nitrogens with zero attached hydrogens (tertiary/aromatic N) is 2. The standard InChI is InChI=1S/C21H28N4O/c26-21(20-18-10-4-5-11-19(18)23-24-20)22-15-17(25-12-6-7-13-25)14-16-8-2-1-3-9-16/h1-3,8-9,17H,4-7,10-15H2,(H,22,26)(H,23,24). The number of nitrogens with one attached hydrogen (secondary N) is 2. The predicted molar refractivity (Wildman–Crippen MR) is 102 cm³/mol. The molecule has 1 aromatic carbocycles. The Morgan fingerprint density at radius 3 is 2.69 bits per heavy atom. The van der Waals surface area contributed by atoms with E-state index in [1.165, 1.54) is 24.8 Å². The van der Waals surface area contributed by atoms with Crippen molar-refractivity contribution in [3.63, 3.8) is 0 Å². The Balaban J connectivity index is 1.42. The zero-order valence-corrected chi connectivity index (χ0v) is 15.3. The Labute approximate surface area is 155 Å². The van der Waals surface area contributed by atoms with Crippen LogP contribution < -0.4 is 5.32 Å².